The van der Waals surface area contributed by atoms with Crippen LogP contribution < -0.4 is 10.2 Å². The number of nitrogens with zero attached hydrogens (tertiary/aromatic N) is 3. The van der Waals surface area contributed by atoms with Crippen LogP contribution in [0.5, 0.6) is 0 Å². The zero-order chi connectivity index (χ0) is 23.8. The number of aryl methyl sites for hydroxylation is 1. The van der Waals surface area contributed by atoms with Gasteiger partial charge in [0.15, 0.2) is 0 Å². The molecule has 0 saturated carbocycles. The van der Waals surface area contributed by atoms with Crippen LogP contribution in [0.3, 0.4) is 0 Å². The van der Waals surface area contributed by atoms with E-state index in [2.05, 4.69) is 15.5 Å². The molecule has 5 rings (SSSR count). The van der Waals surface area contributed by atoms with Gasteiger partial charge in [-0.2, -0.15) is 4.98 Å². The molecule has 1 aliphatic rings. The largest absolute Gasteiger partial charge is 0.334 e. The molecule has 0 aliphatic carbocycles. The Morgan fingerprint density at radius 2 is 1.79 bits per heavy atom. The van der Waals surface area contributed by atoms with Crippen LogP contribution in [-0.4, -0.2) is 16.2 Å². The maximum Gasteiger partial charge on any atom is 0.326 e. The molecule has 2 heterocycles. The Hall–Kier alpha value is -3.97. The van der Waals surface area contributed by atoms with Crippen LogP contribution in [0, 0.1) is 12.7 Å². The zero-order valence-corrected chi connectivity index (χ0v) is 19.2. The molecule has 1 atom stereocenters. The quantitative estimate of drug-likeness (QED) is 0.364. The summed E-state index contributed by atoms with van der Waals surface area (Å²) in [5.41, 5.74) is 4.19. The number of halogens is 2. The monoisotopic (exact) mass is 474 g/mol. The van der Waals surface area contributed by atoms with E-state index in [9.17, 15) is 9.18 Å². The number of nitrogens with one attached hydrogen (secondary N) is 1. The first-order chi connectivity index (χ1) is 16.4. The second-order valence-corrected chi connectivity index (χ2v) is 8.48. The van der Waals surface area contributed by atoms with Crippen LogP contribution in [0.4, 0.5) is 14.9 Å². The van der Waals surface area contributed by atoms with Crippen molar-refractivity contribution in [1.82, 2.24) is 15.5 Å². The Labute approximate surface area is 200 Å². The molecule has 1 aliphatic heterocycles. The molecule has 1 aromatic heterocycles. The van der Waals surface area contributed by atoms with Crippen molar-refractivity contribution in [2.75, 3.05) is 4.90 Å². The van der Waals surface area contributed by atoms with Gasteiger partial charge in [0.1, 0.15) is 5.82 Å². The fraction of sp³-hybridized carbons (Fsp3) is 0.115. The summed E-state index contributed by atoms with van der Waals surface area (Å²) in [6.45, 7) is 3.77. The SMILES string of the molecule is CC1=C(c2nc(-c3ccc(Cl)cc3)no2)C(c2cccc(F)c2)NC(=O)N1c1cccc(C)c1. The fourth-order valence-corrected chi connectivity index (χ4v) is 4.21. The molecule has 8 heteroatoms. The smallest absolute Gasteiger partial charge is 0.326 e. The van der Waals surface area contributed by atoms with Gasteiger partial charge in [0.2, 0.25) is 5.82 Å². The number of rotatable bonds is 4. The third-order valence-corrected chi connectivity index (χ3v) is 5.94. The number of carbonyl (C=O) groups excluding carboxylic acids is 1. The van der Waals surface area contributed by atoms with E-state index in [1.807, 2.05) is 38.1 Å². The predicted molar refractivity (Wildman–Crippen MR) is 129 cm³/mol. The topological polar surface area (TPSA) is 71.3 Å². The summed E-state index contributed by atoms with van der Waals surface area (Å²) < 4.78 is 19.7. The van der Waals surface area contributed by atoms with E-state index in [4.69, 9.17) is 16.1 Å². The summed E-state index contributed by atoms with van der Waals surface area (Å²) in [5.74, 6) is 0.204. The highest BCUT2D eigenvalue weighted by atomic mass is 35.5. The molecule has 2 amide bonds. The van der Waals surface area contributed by atoms with Crippen molar-refractivity contribution >= 4 is 28.9 Å². The molecule has 34 heavy (non-hydrogen) atoms. The molecule has 0 spiro atoms. The first kappa shape index (κ1) is 21.9. The van der Waals surface area contributed by atoms with Crippen molar-refractivity contribution in [3.05, 3.63) is 106 Å². The van der Waals surface area contributed by atoms with Gasteiger partial charge in [0.25, 0.3) is 5.89 Å². The average molecular weight is 475 g/mol. The van der Waals surface area contributed by atoms with Gasteiger partial charge in [0, 0.05) is 16.3 Å². The molecular weight excluding hydrogens is 455 g/mol. The highest BCUT2D eigenvalue weighted by molar-refractivity contribution is 6.30. The summed E-state index contributed by atoms with van der Waals surface area (Å²) in [5, 5.41) is 7.71. The van der Waals surface area contributed by atoms with Gasteiger partial charge < -0.3 is 9.84 Å². The van der Waals surface area contributed by atoms with E-state index in [0.29, 0.717) is 33.4 Å². The molecule has 4 aromatic rings. The van der Waals surface area contributed by atoms with Gasteiger partial charge >= 0.3 is 6.03 Å². The minimum Gasteiger partial charge on any atom is -0.334 e. The zero-order valence-electron chi connectivity index (χ0n) is 18.4. The Morgan fingerprint density at radius 1 is 1.03 bits per heavy atom. The molecule has 0 bridgehead atoms. The Kier molecular flexibility index (Phi) is 5.63. The van der Waals surface area contributed by atoms with E-state index >= 15 is 0 Å². The summed E-state index contributed by atoms with van der Waals surface area (Å²) in [6.07, 6.45) is 0. The van der Waals surface area contributed by atoms with Gasteiger partial charge in [-0.25, -0.2) is 9.18 Å². The van der Waals surface area contributed by atoms with E-state index in [0.717, 1.165) is 11.1 Å². The third-order valence-electron chi connectivity index (χ3n) is 5.69. The Bertz CT molecular complexity index is 1410. The normalized spacial score (nSPS) is 16.1. The van der Waals surface area contributed by atoms with E-state index in [1.165, 1.54) is 12.1 Å². The first-order valence-electron chi connectivity index (χ1n) is 10.6. The number of benzene rings is 3. The van der Waals surface area contributed by atoms with E-state index < -0.39 is 11.9 Å². The Morgan fingerprint density at radius 3 is 2.53 bits per heavy atom. The molecule has 0 fully saturated rings. The van der Waals surface area contributed by atoms with Gasteiger partial charge in [-0.05, 0) is 73.5 Å². The van der Waals surface area contributed by atoms with Crippen LogP contribution in [0.15, 0.2) is 83.0 Å². The summed E-state index contributed by atoms with van der Waals surface area (Å²) >= 11 is 6.00. The third kappa shape index (κ3) is 4.06. The van der Waals surface area contributed by atoms with Gasteiger partial charge in [0.05, 0.1) is 17.3 Å². The Balaban J connectivity index is 1.66. The predicted octanol–water partition coefficient (Wildman–Crippen LogP) is 6.54. The second kappa shape index (κ2) is 8.76. The fourth-order valence-electron chi connectivity index (χ4n) is 4.08. The number of urea groups is 1. The lowest BCUT2D eigenvalue weighted by molar-refractivity contribution is 0.244. The molecule has 6 nitrogen and oxygen atoms in total. The molecule has 3 aromatic carbocycles. The maximum atomic E-state index is 14.1. The van der Waals surface area contributed by atoms with Crippen LogP contribution in [-0.2, 0) is 0 Å². The van der Waals surface area contributed by atoms with Crippen LogP contribution >= 0.6 is 11.6 Å². The molecule has 0 radical (unpaired) electrons. The number of allylic oxidation sites excluding steroid dienone is 1. The lowest BCUT2D eigenvalue weighted by atomic mass is 9.94. The lowest BCUT2D eigenvalue weighted by Crippen LogP contribution is -2.46. The molecule has 1 unspecified atom stereocenters. The highest BCUT2D eigenvalue weighted by Crippen LogP contribution is 2.39. The minimum absolute atomic E-state index is 0.231. The van der Waals surface area contributed by atoms with Crippen molar-refractivity contribution in [1.29, 1.82) is 0 Å². The van der Waals surface area contributed by atoms with Crippen molar-refractivity contribution in [3.63, 3.8) is 0 Å². The van der Waals surface area contributed by atoms with Gasteiger partial charge in [-0.1, -0.05) is 41.0 Å². The van der Waals surface area contributed by atoms with Gasteiger partial charge in [-0.3, -0.25) is 4.90 Å². The second-order valence-electron chi connectivity index (χ2n) is 8.04. The van der Waals surface area contributed by atoms with Crippen molar-refractivity contribution in [3.8, 4) is 11.4 Å². The van der Waals surface area contributed by atoms with E-state index in [1.54, 1.807) is 41.3 Å². The van der Waals surface area contributed by atoms with Crippen LogP contribution in [0.1, 0.15) is 30.0 Å². The van der Waals surface area contributed by atoms with Crippen molar-refractivity contribution in [2.45, 2.75) is 19.9 Å². The summed E-state index contributed by atoms with van der Waals surface area (Å²) in [6, 6.07) is 19.8. The van der Waals surface area contributed by atoms with Crippen LogP contribution in [0.25, 0.3) is 17.0 Å². The minimum atomic E-state index is -0.678. The average Bonchev–Trinajstić information content (AvgIpc) is 3.29. The number of hydrogen-bond donors (Lipinski definition) is 1. The van der Waals surface area contributed by atoms with Crippen LogP contribution in [0.2, 0.25) is 5.02 Å². The number of anilines is 1. The molecule has 0 saturated heterocycles. The summed E-state index contributed by atoms with van der Waals surface area (Å²) in [7, 11) is 0. The molecular formula is C26H20ClFN4O2. The van der Waals surface area contributed by atoms with Crippen molar-refractivity contribution < 1.29 is 13.7 Å². The molecule has 1 N–H and O–H groups in total. The summed E-state index contributed by atoms with van der Waals surface area (Å²) in [4.78, 5) is 19.4. The maximum absolute atomic E-state index is 14.1. The lowest BCUT2D eigenvalue weighted by Gasteiger charge is -2.35. The number of hydrogen-bond acceptors (Lipinski definition) is 4. The van der Waals surface area contributed by atoms with Gasteiger partial charge in [-0.15, -0.1) is 0 Å². The van der Waals surface area contributed by atoms with Crippen molar-refractivity contribution in [2.24, 2.45) is 0 Å². The first-order valence-corrected chi connectivity index (χ1v) is 11.0. The molecule has 170 valence electrons. The number of aromatic nitrogens is 2. The number of carbonyl (C=O) groups is 1. The standard InChI is InChI=1S/C26H20ClFN4O2/c1-15-5-3-8-21(13-15)32-16(2)22(23(29-26(32)33)18-6-4-7-20(28)14-18)25-30-24(31-34-25)17-9-11-19(27)12-10-17/h3-14,23H,1-2H3,(H,29,33). The number of amides is 2. The van der Waals surface area contributed by atoms with E-state index in [-0.39, 0.29) is 11.9 Å². The highest BCUT2D eigenvalue weighted by Gasteiger charge is 2.36.